The van der Waals surface area contributed by atoms with Crippen molar-refractivity contribution in [2.75, 3.05) is 0 Å². The second-order valence-corrected chi connectivity index (χ2v) is 2.28. The molecule has 0 aliphatic heterocycles. The molecule has 11 heavy (non-hydrogen) atoms. The maximum atomic E-state index is 10.8. The molecule has 3 nitrogen and oxygen atoms in total. The van der Waals surface area contributed by atoms with Crippen molar-refractivity contribution in [3.8, 4) is 0 Å². The Bertz CT molecular complexity index is 165. The third kappa shape index (κ3) is 4.01. The molecule has 0 rings (SSSR count). The molecule has 0 aliphatic rings. The molecular weight excluding hydrogens is 168 g/mol. The van der Waals surface area contributed by atoms with Crippen LogP contribution >= 0.6 is 11.6 Å². The fourth-order valence-corrected chi connectivity index (χ4v) is 0.433. The molecular formula is C7H11ClO3. The van der Waals surface area contributed by atoms with E-state index in [1.807, 2.05) is 0 Å². The Kier molecular flexibility index (Phi) is 4.90. The highest BCUT2D eigenvalue weighted by atomic mass is 35.5. The van der Waals surface area contributed by atoms with E-state index >= 15 is 0 Å². The highest BCUT2D eigenvalue weighted by Gasteiger charge is 2.09. The Morgan fingerprint density at radius 2 is 2.36 bits per heavy atom. The second kappa shape index (κ2) is 5.16. The van der Waals surface area contributed by atoms with Gasteiger partial charge in [0.15, 0.2) is 0 Å². The molecule has 0 fully saturated rings. The van der Waals surface area contributed by atoms with Gasteiger partial charge in [-0.05, 0) is 6.92 Å². The Morgan fingerprint density at radius 3 is 2.73 bits per heavy atom. The molecule has 0 saturated carbocycles. The quantitative estimate of drug-likeness (QED) is 0.404. The number of hydrogen-bond acceptors (Lipinski definition) is 3. The fraction of sp³-hybridized carbons (Fsp3) is 0.571. The molecule has 0 spiro atoms. The van der Waals surface area contributed by atoms with Crippen LogP contribution in [-0.4, -0.2) is 17.4 Å². The summed E-state index contributed by atoms with van der Waals surface area (Å²) in [6.45, 7) is 3.22. The molecule has 0 heterocycles. The summed E-state index contributed by atoms with van der Waals surface area (Å²) in [7, 11) is 0. The van der Waals surface area contributed by atoms with Crippen LogP contribution in [0.25, 0.3) is 0 Å². The maximum Gasteiger partial charge on any atom is 0.336 e. The van der Waals surface area contributed by atoms with Crippen molar-refractivity contribution >= 4 is 17.6 Å². The minimum absolute atomic E-state index is 0.277. The lowest BCUT2D eigenvalue weighted by atomic mass is 10.3. The lowest BCUT2D eigenvalue weighted by Gasteiger charge is -2.08. The number of carbonyl (C=O) groups excluding carboxylic acids is 1. The fourth-order valence-electron chi connectivity index (χ4n) is 0.344. The molecule has 0 bridgehead atoms. The van der Waals surface area contributed by atoms with Crippen molar-refractivity contribution in [1.82, 2.24) is 0 Å². The Balaban J connectivity index is 3.88. The first-order valence-corrected chi connectivity index (χ1v) is 3.71. The topological polar surface area (TPSA) is 46.5 Å². The monoisotopic (exact) mass is 178 g/mol. The lowest BCUT2D eigenvalue weighted by Crippen LogP contribution is -2.16. The van der Waals surface area contributed by atoms with Crippen LogP contribution in [0.5, 0.6) is 0 Å². The largest absolute Gasteiger partial charge is 0.433 e. The Morgan fingerprint density at radius 1 is 1.82 bits per heavy atom. The van der Waals surface area contributed by atoms with Gasteiger partial charge in [-0.15, -0.1) is 0 Å². The number of aliphatic hydroxyl groups excluding tert-OH is 1. The van der Waals surface area contributed by atoms with E-state index in [2.05, 4.69) is 4.74 Å². The van der Waals surface area contributed by atoms with E-state index in [0.29, 0.717) is 6.42 Å². The van der Waals surface area contributed by atoms with E-state index < -0.39 is 12.3 Å². The van der Waals surface area contributed by atoms with Crippen molar-refractivity contribution in [3.63, 3.8) is 0 Å². The molecule has 4 heteroatoms. The zero-order valence-corrected chi connectivity index (χ0v) is 7.26. The Hall–Kier alpha value is -0.540. The average Bonchev–Trinajstić information content (AvgIpc) is 2.02. The minimum atomic E-state index is -1.03. The summed E-state index contributed by atoms with van der Waals surface area (Å²) < 4.78 is 4.52. The van der Waals surface area contributed by atoms with Gasteiger partial charge in [0.2, 0.25) is 6.29 Å². The molecule has 0 aromatic heterocycles. The first kappa shape index (κ1) is 10.5. The van der Waals surface area contributed by atoms with E-state index in [4.69, 9.17) is 16.7 Å². The van der Waals surface area contributed by atoms with Crippen LogP contribution in [0, 0.1) is 0 Å². The third-order valence-corrected chi connectivity index (χ3v) is 1.41. The normalized spacial score (nSPS) is 14.4. The zero-order valence-electron chi connectivity index (χ0n) is 6.50. The van der Waals surface area contributed by atoms with Gasteiger partial charge in [0.05, 0.1) is 0 Å². The molecule has 0 saturated heterocycles. The summed E-state index contributed by atoms with van der Waals surface area (Å²) in [5, 5.41) is 8.86. The molecule has 1 atom stereocenters. The van der Waals surface area contributed by atoms with E-state index in [0.717, 1.165) is 5.54 Å². The number of aliphatic hydroxyl groups is 1. The summed E-state index contributed by atoms with van der Waals surface area (Å²) >= 11 is 5.23. The van der Waals surface area contributed by atoms with Crippen LogP contribution in [0.15, 0.2) is 11.1 Å². The molecule has 1 unspecified atom stereocenters. The van der Waals surface area contributed by atoms with Crippen molar-refractivity contribution in [2.45, 2.75) is 26.6 Å². The van der Waals surface area contributed by atoms with Crippen molar-refractivity contribution in [2.24, 2.45) is 0 Å². The first-order valence-electron chi connectivity index (χ1n) is 3.27. The van der Waals surface area contributed by atoms with Gasteiger partial charge in [-0.3, -0.25) is 0 Å². The molecule has 0 radical (unpaired) electrons. The van der Waals surface area contributed by atoms with Gasteiger partial charge in [-0.1, -0.05) is 18.5 Å². The molecule has 1 N–H and O–H groups in total. The summed E-state index contributed by atoms with van der Waals surface area (Å²) in [4.78, 5) is 10.8. The predicted molar refractivity (Wildman–Crippen MR) is 42.0 cm³/mol. The number of halogens is 1. The van der Waals surface area contributed by atoms with Crippen molar-refractivity contribution < 1.29 is 14.6 Å². The molecule has 64 valence electrons. The van der Waals surface area contributed by atoms with Crippen LogP contribution in [0.1, 0.15) is 20.3 Å². The van der Waals surface area contributed by atoms with Crippen LogP contribution in [-0.2, 0) is 9.53 Å². The van der Waals surface area contributed by atoms with Gasteiger partial charge in [0.1, 0.15) is 0 Å². The van der Waals surface area contributed by atoms with Gasteiger partial charge in [0, 0.05) is 17.5 Å². The highest BCUT2D eigenvalue weighted by molar-refractivity contribution is 6.27. The predicted octanol–water partition coefficient (Wildman–Crippen LogP) is 1.40. The van der Waals surface area contributed by atoms with E-state index in [1.165, 1.54) is 6.92 Å². The SMILES string of the molecule is CCC(O)OC(=O)/C(C)=C/Cl. The maximum absolute atomic E-state index is 10.8. The number of esters is 1. The number of hydrogen-bond donors (Lipinski definition) is 1. The molecule has 0 aromatic carbocycles. The van der Waals surface area contributed by atoms with Crippen LogP contribution in [0.2, 0.25) is 0 Å². The number of carbonyl (C=O) groups is 1. The number of rotatable bonds is 3. The van der Waals surface area contributed by atoms with Crippen LogP contribution < -0.4 is 0 Å². The summed E-state index contributed by atoms with van der Waals surface area (Å²) in [5.41, 5.74) is 1.39. The van der Waals surface area contributed by atoms with Crippen molar-refractivity contribution in [1.29, 1.82) is 0 Å². The van der Waals surface area contributed by atoms with Gasteiger partial charge < -0.3 is 9.84 Å². The van der Waals surface area contributed by atoms with E-state index in [1.54, 1.807) is 6.92 Å². The van der Waals surface area contributed by atoms with Crippen LogP contribution in [0.3, 0.4) is 0 Å². The molecule has 0 aliphatic carbocycles. The summed E-state index contributed by atoms with van der Waals surface area (Å²) in [6.07, 6.45) is -0.657. The standard InChI is InChI=1S/C7H11ClO3/c1-3-6(9)11-7(10)5(2)4-8/h4,6,9H,3H2,1-2H3/b5-4+. The van der Waals surface area contributed by atoms with Crippen LogP contribution in [0.4, 0.5) is 0 Å². The van der Waals surface area contributed by atoms with Gasteiger partial charge in [0.25, 0.3) is 0 Å². The smallest absolute Gasteiger partial charge is 0.336 e. The lowest BCUT2D eigenvalue weighted by molar-refractivity contribution is -0.163. The highest BCUT2D eigenvalue weighted by Crippen LogP contribution is 2.02. The van der Waals surface area contributed by atoms with Gasteiger partial charge in [-0.25, -0.2) is 4.79 Å². The third-order valence-electron chi connectivity index (χ3n) is 1.08. The first-order chi connectivity index (χ1) is 5.11. The Labute approximate surface area is 70.6 Å². The zero-order chi connectivity index (χ0) is 8.85. The average molecular weight is 179 g/mol. The molecule has 0 amide bonds. The van der Waals surface area contributed by atoms with Gasteiger partial charge >= 0.3 is 5.97 Å². The summed E-state index contributed by atoms with van der Waals surface area (Å²) in [6, 6.07) is 0. The summed E-state index contributed by atoms with van der Waals surface area (Å²) in [5.74, 6) is -0.589. The van der Waals surface area contributed by atoms with E-state index in [9.17, 15) is 4.79 Å². The second-order valence-electron chi connectivity index (χ2n) is 2.06. The molecule has 0 aromatic rings. The number of ether oxygens (including phenoxy) is 1. The van der Waals surface area contributed by atoms with E-state index in [-0.39, 0.29) is 5.57 Å². The van der Waals surface area contributed by atoms with Crippen molar-refractivity contribution in [3.05, 3.63) is 11.1 Å². The minimum Gasteiger partial charge on any atom is -0.433 e. The van der Waals surface area contributed by atoms with Gasteiger partial charge in [-0.2, -0.15) is 0 Å².